The lowest BCUT2D eigenvalue weighted by Gasteiger charge is -2.26. The molecule has 0 aromatic heterocycles. The molecule has 0 amide bonds. The first-order chi connectivity index (χ1) is 57.2. The molecule has 0 unspecified atom stereocenters. The van der Waals surface area contributed by atoms with E-state index in [2.05, 4.69) is 120 Å². The van der Waals surface area contributed by atoms with Gasteiger partial charge in [-0.3, -0.25) is 0 Å². The van der Waals surface area contributed by atoms with Crippen molar-refractivity contribution < 1.29 is 57.5 Å². The fraction of sp³-hybridized carbons (Fsp3) is 0.760. The minimum Gasteiger partial charge on any atom is -0.490 e. The maximum atomic E-state index is 6.55. The summed E-state index contributed by atoms with van der Waals surface area (Å²) in [6.45, 7) is 45.5. The average molecular weight is 1610 g/mol. The first-order valence-corrected chi connectivity index (χ1v) is 49.0. The Morgan fingerprint density at radius 3 is 0.612 bits per heavy atom. The normalized spacial score (nSPS) is 20.1. The molecule has 0 bridgehead atoms. The first kappa shape index (κ1) is 91.7. The van der Waals surface area contributed by atoms with Crippen LogP contribution in [0.4, 0.5) is 0 Å². The van der Waals surface area contributed by atoms with Crippen molar-refractivity contribution in [1.29, 1.82) is 0 Å². The van der Waals surface area contributed by atoms with Crippen LogP contribution >= 0.6 is 0 Å². The highest BCUT2D eigenvalue weighted by atomic mass is 16.5. The number of hydrogen-bond donors (Lipinski definition) is 4. The predicted octanol–water partition coefficient (Wildman–Crippen LogP) is 13.9. The summed E-state index contributed by atoms with van der Waals surface area (Å²) in [5, 5.41) is 0. The van der Waals surface area contributed by atoms with Gasteiger partial charge in [-0.05, 0) is 327 Å². The van der Waals surface area contributed by atoms with Gasteiger partial charge < -0.3 is 77.1 Å². The number of ether oxygens (including phenoxy) is 8. The smallest absolute Gasteiger partial charge is 0.161 e. The second kappa shape index (κ2) is 54.4. The van der Waals surface area contributed by atoms with Crippen LogP contribution in [-0.4, -0.2) is 230 Å². The predicted molar refractivity (Wildman–Crippen MR) is 477 cm³/mol. The summed E-state index contributed by atoms with van der Waals surface area (Å²) >= 11 is 0. The molecule has 4 aromatic carbocycles. The number of piperidine rings is 8. The number of nitrogens with zero attached hydrogens (tertiary/aromatic N) is 4. The summed E-state index contributed by atoms with van der Waals surface area (Å²) in [6.07, 6.45) is 45.5. The maximum Gasteiger partial charge on any atom is 0.161 e. The van der Waals surface area contributed by atoms with Gasteiger partial charge in [0.2, 0.25) is 0 Å². The molecule has 4 atom stereocenters. The van der Waals surface area contributed by atoms with Crippen LogP contribution < -0.4 is 57.5 Å². The van der Waals surface area contributed by atoms with Crippen LogP contribution in [0.1, 0.15) is 255 Å². The fourth-order valence-electron chi connectivity index (χ4n) is 19.8. The van der Waals surface area contributed by atoms with Gasteiger partial charge in [0.25, 0.3) is 0 Å². The van der Waals surface area contributed by atoms with Crippen LogP contribution in [0, 0.1) is 23.7 Å². The Labute approximate surface area is 706 Å². The monoisotopic (exact) mass is 1610 g/mol. The molecule has 8 heterocycles. The highest BCUT2D eigenvalue weighted by Crippen LogP contribution is 2.37. The average Bonchev–Trinajstić information content (AvgIpc) is 0.851. The van der Waals surface area contributed by atoms with Gasteiger partial charge in [0, 0.05) is 51.9 Å². The van der Waals surface area contributed by atoms with Crippen molar-refractivity contribution in [2.24, 2.45) is 23.7 Å². The van der Waals surface area contributed by atoms with Gasteiger partial charge in [-0.15, -0.1) is 0 Å². The van der Waals surface area contributed by atoms with E-state index in [1.165, 1.54) is 307 Å². The SMILES string of the molecule is C[C@H](Cc1ccc(OCCCN2CCCCC2)c(OCCCN2CCCCC2)c1)[C@@H](C)Cc1ccc(OCCCN2CCCCC2)c(OCCCN2CCCCC2)c1.C[C@H](Cc1ccc(OCCC[NH+]2CCCCC2)c(OCCC[NH+]2CCCCC2)c1)[C@@H](C)Cc1ccc(OCCC[NH+]2CCCCC2)c(OCCC[NH+]2CCCCC2)c1. The van der Waals surface area contributed by atoms with Gasteiger partial charge >= 0.3 is 0 Å². The quantitative estimate of drug-likeness (QED) is 0.0317. The fourth-order valence-corrected chi connectivity index (χ4v) is 19.8. The maximum absolute atomic E-state index is 6.55. The number of hydrogen-bond acceptors (Lipinski definition) is 12. The lowest BCUT2D eigenvalue weighted by atomic mass is 9.85. The topological polar surface area (TPSA) is 105 Å². The molecule has 0 saturated carbocycles. The standard InChI is InChI=1S/2C50H82N4O4/c2*1-43(39-45-19-21-47(55-35-15-31-51-23-7-3-8-24-51)49(41-45)57-37-17-33-53-27-11-5-12-28-53)44(2)40-46-20-22-48(56-36-16-32-52-25-9-4-10-26-52)50(42-46)58-38-18-34-54-29-13-6-14-30-54/h2*19-22,41-44H,3-18,23-40H2,1-2H3/p+4/t2*43-,44+. The molecule has 4 N–H and O–H groups in total. The minimum absolute atomic E-state index is 0.503. The second-order valence-electron chi connectivity index (χ2n) is 37.3. The zero-order chi connectivity index (χ0) is 80.1. The van der Waals surface area contributed by atoms with Crippen molar-refractivity contribution in [3.05, 3.63) is 95.1 Å². The van der Waals surface area contributed by atoms with Crippen molar-refractivity contribution in [3.63, 3.8) is 0 Å². The van der Waals surface area contributed by atoms with E-state index < -0.39 is 0 Å². The minimum atomic E-state index is 0.503. The molecule has 0 radical (unpaired) electrons. The van der Waals surface area contributed by atoms with E-state index in [-0.39, 0.29) is 0 Å². The number of benzene rings is 4. The summed E-state index contributed by atoms with van der Waals surface area (Å²) in [6, 6.07) is 27.0. The number of rotatable bonds is 50. The Morgan fingerprint density at radius 1 is 0.224 bits per heavy atom. The van der Waals surface area contributed by atoms with Crippen LogP contribution in [0.25, 0.3) is 0 Å². The lowest BCUT2D eigenvalue weighted by molar-refractivity contribution is -0.905. The van der Waals surface area contributed by atoms with E-state index in [9.17, 15) is 0 Å². The molecular formula is C100H168N8O8+4. The number of nitrogens with one attached hydrogen (secondary N) is 4. The van der Waals surface area contributed by atoms with E-state index in [0.29, 0.717) is 23.7 Å². The van der Waals surface area contributed by atoms with E-state index in [1.807, 2.05) is 0 Å². The largest absolute Gasteiger partial charge is 0.490 e. The summed E-state index contributed by atoms with van der Waals surface area (Å²) < 4.78 is 51.9. The highest BCUT2D eigenvalue weighted by Gasteiger charge is 2.25. The van der Waals surface area contributed by atoms with E-state index >= 15 is 0 Å². The van der Waals surface area contributed by atoms with E-state index in [4.69, 9.17) is 37.9 Å². The molecule has 0 aliphatic carbocycles. The Kier molecular flexibility index (Phi) is 43.0. The molecule has 652 valence electrons. The van der Waals surface area contributed by atoms with Crippen LogP contribution in [-0.2, 0) is 25.7 Å². The summed E-state index contributed by atoms with van der Waals surface area (Å²) in [4.78, 5) is 17.4. The van der Waals surface area contributed by atoms with Crippen molar-refractivity contribution in [2.45, 2.75) is 259 Å². The molecule has 16 heteroatoms. The zero-order valence-electron chi connectivity index (χ0n) is 74.4. The van der Waals surface area contributed by atoms with Crippen molar-refractivity contribution in [2.75, 3.05) is 210 Å². The van der Waals surface area contributed by atoms with Crippen LogP contribution in [0.3, 0.4) is 0 Å². The Bertz CT molecular complexity index is 2800. The third-order valence-electron chi connectivity index (χ3n) is 27.5. The molecule has 8 aliphatic rings. The van der Waals surface area contributed by atoms with Crippen molar-refractivity contribution in [1.82, 2.24) is 19.6 Å². The first-order valence-electron chi connectivity index (χ1n) is 49.0. The van der Waals surface area contributed by atoms with Gasteiger partial charge in [0.15, 0.2) is 46.0 Å². The van der Waals surface area contributed by atoms with Gasteiger partial charge in [0.05, 0.1) is 131 Å². The van der Waals surface area contributed by atoms with Gasteiger partial charge in [-0.25, -0.2) is 0 Å². The van der Waals surface area contributed by atoms with Crippen molar-refractivity contribution >= 4 is 0 Å². The molecular weight excluding hydrogens is 1440 g/mol. The Hall–Kier alpha value is -5.04. The molecule has 16 nitrogen and oxygen atoms in total. The molecule has 8 aliphatic heterocycles. The van der Waals surface area contributed by atoms with Crippen LogP contribution in [0.15, 0.2) is 72.8 Å². The molecule has 116 heavy (non-hydrogen) atoms. The highest BCUT2D eigenvalue weighted by molar-refractivity contribution is 5.46. The van der Waals surface area contributed by atoms with Crippen molar-refractivity contribution in [3.8, 4) is 46.0 Å². The molecule has 8 fully saturated rings. The molecule has 4 aromatic rings. The van der Waals surface area contributed by atoms with E-state index in [0.717, 1.165) is 202 Å². The van der Waals surface area contributed by atoms with E-state index in [1.54, 1.807) is 19.6 Å². The van der Waals surface area contributed by atoms with Crippen LogP contribution in [0.5, 0.6) is 46.0 Å². The van der Waals surface area contributed by atoms with Gasteiger partial charge in [-0.1, -0.05) is 77.6 Å². The Balaban J connectivity index is 0.000000228. The summed E-state index contributed by atoms with van der Waals surface area (Å²) in [7, 11) is 0. The second-order valence-corrected chi connectivity index (χ2v) is 37.3. The zero-order valence-corrected chi connectivity index (χ0v) is 74.4. The Morgan fingerprint density at radius 2 is 0.405 bits per heavy atom. The molecule has 12 rings (SSSR count). The molecule has 8 saturated heterocycles. The number of likely N-dealkylation sites (tertiary alicyclic amines) is 8. The molecule has 0 spiro atoms. The van der Waals surface area contributed by atoms with Gasteiger partial charge in [0.1, 0.15) is 0 Å². The third-order valence-corrected chi connectivity index (χ3v) is 27.5. The summed E-state index contributed by atoms with van der Waals surface area (Å²) in [5.41, 5.74) is 5.35. The summed E-state index contributed by atoms with van der Waals surface area (Å²) in [5.74, 6) is 9.39. The third kappa shape index (κ3) is 34.8. The number of quaternary nitrogens is 4. The lowest BCUT2D eigenvalue weighted by Crippen LogP contribution is -3.12. The van der Waals surface area contributed by atoms with Gasteiger partial charge in [-0.2, -0.15) is 0 Å². The van der Waals surface area contributed by atoms with Crippen LogP contribution in [0.2, 0.25) is 0 Å².